The van der Waals surface area contributed by atoms with Crippen LogP contribution < -0.4 is 9.62 Å². The van der Waals surface area contributed by atoms with Crippen LogP contribution in [-0.4, -0.2) is 50.5 Å². The summed E-state index contributed by atoms with van der Waals surface area (Å²) in [5.41, 5.74) is 2.48. The molecule has 2 amide bonds. The van der Waals surface area contributed by atoms with Crippen molar-refractivity contribution >= 4 is 50.7 Å². The lowest BCUT2D eigenvalue weighted by atomic mass is 10.1. The molecule has 0 aliphatic heterocycles. The van der Waals surface area contributed by atoms with E-state index in [-0.39, 0.29) is 18.4 Å². The molecule has 2 aromatic rings. The molecule has 0 heterocycles. The summed E-state index contributed by atoms with van der Waals surface area (Å²) in [5, 5.41) is 3.63. The molecule has 0 radical (unpaired) electrons. The number of nitrogens with zero attached hydrogens (tertiary/aromatic N) is 2. The molecule has 10 heteroatoms. The summed E-state index contributed by atoms with van der Waals surface area (Å²) in [6, 6.07) is 9.43. The first-order chi connectivity index (χ1) is 16.2. The van der Waals surface area contributed by atoms with E-state index in [0.29, 0.717) is 27.8 Å². The molecule has 0 aliphatic carbocycles. The Balaban J connectivity index is 2.46. The van der Waals surface area contributed by atoms with E-state index in [2.05, 4.69) is 5.32 Å². The van der Waals surface area contributed by atoms with E-state index in [4.69, 9.17) is 23.2 Å². The van der Waals surface area contributed by atoms with Crippen molar-refractivity contribution in [1.82, 2.24) is 10.2 Å². The zero-order valence-corrected chi connectivity index (χ0v) is 23.3. The van der Waals surface area contributed by atoms with Gasteiger partial charge in [0.2, 0.25) is 21.8 Å². The molecule has 0 bridgehead atoms. The number of para-hydroxylation sites is 1. The fourth-order valence-corrected chi connectivity index (χ4v) is 5.08. The standard InChI is InChI=1S/C25H33Cl2N3O4S/c1-16(2)13-28-25(32)19(5)29(14-20-10-11-21(26)12-22(20)27)23(31)15-30(35(6,33)34)24-17(3)8-7-9-18(24)4/h7-12,16,19H,13-15H2,1-6H3,(H,28,32)/t19-/m1/s1. The third-order valence-electron chi connectivity index (χ3n) is 5.58. The zero-order chi connectivity index (χ0) is 26.5. The van der Waals surface area contributed by atoms with E-state index < -0.39 is 28.5 Å². The Kier molecular flexibility index (Phi) is 10.0. The third-order valence-corrected chi connectivity index (χ3v) is 7.28. The van der Waals surface area contributed by atoms with Gasteiger partial charge >= 0.3 is 0 Å². The van der Waals surface area contributed by atoms with Gasteiger partial charge in [0.1, 0.15) is 12.6 Å². The van der Waals surface area contributed by atoms with E-state index in [1.54, 1.807) is 51.1 Å². The molecule has 0 aromatic heterocycles. The van der Waals surface area contributed by atoms with Gasteiger partial charge < -0.3 is 10.2 Å². The highest BCUT2D eigenvalue weighted by atomic mass is 35.5. The highest BCUT2D eigenvalue weighted by Crippen LogP contribution is 2.28. The highest BCUT2D eigenvalue weighted by molar-refractivity contribution is 7.92. The first-order valence-corrected chi connectivity index (χ1v) is 13.9. The smallest absolute Gasteiger partial charge is 0.244 e. The van der Waals surface area contributed by atoms with Crippen LogP contribution in [0.15, 0.2) is 36.4 Å². The summed E-state index contributed by atoms with van der Waals surface area (Å²) in [7, 11) is -3.80. The Morgan fingerprint density at radius 1 is 1.03 bits per heavy atom. The first kappa shape index (κ1) is 28.9. The van der Waals surface area contributed by atoms with Gasteiger partial charge in [-0.1, -0.05) is 61.3 Å². The minimum absolute atomic E-state index is 0.00938. The van der Waals surface area contributed by atoms with Gasteiger partial charge in [0.25, 0.3) is 0 Å². The van der Waals surface area contributed by atoms with E-state index in [9.17, 15) is 18.0 Å². The number of nitrogens with one attached hydrogen (secondary N) is 1. The van der Waals surface area contributed by atoms with E-state index in [1.807, 2.05) is 19.9 Å². The Morgan fingerprint density at radius 3 is 2.14 bits per heavy atom. The molecule has 7 nitrogen and oxygen atoms in total. The molecule has 2 aromatic carbocycles. The van der Waals surface area contributed by atoms with Crippen molar-refractivity contribution in [2.75, 3.05) is 23.7 Å². The lowest BCUT2D eigenvalue weighted by molar-refractivity contribution is -0.139. The molecular formula is C25H33Cl2N3O4S. The van der Waals surface area contributed by atoms with Gasteiger partial charge in [-0.3, -0.25) is 13.9 Å². The van der Waals surface area contributed by atoms with Crippen LogP contribution in [0.1, 0.15) is 37.5 Å². The van der Waals surface area contributed by atoms with Gasteiger partial charge in [-0.05, 0) is 55.5 Å². The fraction of sp³-hybridized carbons (Fsp3) is 0.440. The van der Waals surface area contributed by atoms with Crippen LogP contribution in [0.3, 0.4) is 0 Å². The predicted octanol–water partition coefficient (Wildman–Crippen LogP) is 4.57. The largest absolute Gasteiger partial charge is 0.354 e. The number of anilines is 1. The van der Waals surface area contributed by atoms with E-state index >= 15 is 0 Å². The number of carbonyl (C=O) groups is 2. The molecule has 0 spiro atoms. The summed E-state index contributed by atoms with van der Waals surface area (Å²) in [4.78, 5) is 27.9. The summed E-state index contributed by atoms with van der Waals surface area (Å²) in [6.45, 7) is 9.13. The number of halogens is 2. The molecule has 2 rings (SSSR count). The van der Waals surface area contributed by atoms with Crippen molar-refractivity contribution in [2.24, 2.45) is 5.92 Å². The number of sulfonamides is 1. The average molecular weight is 543 g/mol. The number of benzene rings is 2. The second-order valence-electron chi connectivity index (χ2n) is 9.08. The maximum absolute atomic E-state index is 13.6. The number of hydrogen-bond acceptors (Lipinski definition) is 4. The van der Waals surface area contributed by atoms with E-state index in [0.717, 1.165) is 21.7 Å². The molecule has 1 atom stereocenters. The lowest BCUT2D eigenvalue weighted by Crippen LogP contribution is -2.51. The molecule has 0 saturated heterocycles. The second-order valence-corrected chi connectivity index (χ2v) is 11.8. The molecule has 0 saturated carbocycles. The van der Waals surface area contributed by atoms with Gasteiger partial charge in [0.05, 0.1) is 11.9 Å². The molecular weight excluding hydrogens is 509 g/mol. The minimum atomic E-state index is -3.80. The van der Waals surface area contributed by atoms with Crippen LogP contribution in [0.2, 0.25) is 10.0 Å². The number of hydrogen-bond donors (Lipinski definition) is 1. The van der Waals surface area contributed by atoms with Gasteiger partial charge in [-0.15, -0.1) is 0 Å². The number of amides is 2. The van der Waals surface area contributed by atoms with Crippen molar-refractivity contribution in [3.63, 3.8) is 0 Å². The molecule has 35 heavy (non-hydrogen) atoms. The highest BCUT2D eigenvalue weighted by Gasteiger charge is 2.31. The van der Waals surface area contributed by atoms with Gasteiger partial charge in [0.15, 0.2) is 0 Å². The van der Waals surface area contributed by atoms with Crippen LogP contribution in [-0.2, 0) is 26.2 Å². The maximum Gasteiger partial charge on any atom is 0.244 e. The van der Waals surface area contributed by atoms with Crippen LogP contribution in [0, 0.1) is 19.8 Å². The van der Waals surface area contributed by atoms with Gasteiger partial charge in [0, 0.05) is 23.1 Å². The van der Waals surface area contributed by atoms with Crippen molar-refractivity contribution in [2.45, 2.75) is 47.2 Å². The topological polar surface area (TPSA) is 86.8 Å². The van der Waals surface area contributed by atoms with Gasteiger partial charge in [-0.25, -0.2) is 8.42 Å². The number of rotatable bonds is 10. The summed E-state index contributed by atoms with van der Waals surface area (Å²) in [5.74, 6) is -0.642. The summed E-state index contributed by atoms with van der Waals surface area (Å²) >= 11 is 12.4. The Morgan fingerprint density at radius 2 is 1.63 bits per heavy atom. The first-order valence-electron chi connectivity index (χ1n) is 11.3. The van der Waals surface area contributed by atoms with Crippen molar-refractivity contribution in [1.29, 1.82) is 0 Å². The molecule has 0 unspecified atom stereocenters. The van der Waals surface area contributed by atoms with Crippen LogP contribution in [0.5, 0.6) is 0 Å². The normalized spacial score (nSPS) is 12.4. The third kappa shape index (κ3) is 7.85. The maximum atomic E-state index is 13.6. The van der Waals surface area contributed by atoms with Crippen molar-refractivity contribution in [3.05, 3.63) is 63.1 Å². The van der Waals surface area contributed by atoms with Gasteiger partial charge in [-0.2, -0.15) is 0 Å². The van der Waals surface area contributed by atoms with E-state index in [1.165, 1.54) is 4.90 Å². The molecule has 0 aliphatic rings. The Hall–Kier alpha value is -2.29. The Bertz CT molecular complexity index is 1160. The molecule has 1 N–H and O–H groups in total. The van der Waals surface area contributed by atoms with Crippen LogP contribution in [0.25, 0.3) is 0 Å². The van der Waals surface area contributed by atoms with Crippen molar-refractivity contribution in [3.8, 4) is 0 Å². The van der Waals surface area contributed by atoms with Crippen molar-refractivity contribution < 1.29 is 18.0 Å². The fourth-order valence-electron chi connectivity index (χ4n) is 3.64. The predicted molar refractivity (Wildman–Crippen MR) is 142 cm³/mol. The second kappa shape index (κ2) is 12.1. The quantitative estimate of drug-likeness (QED) is 0.477. The lowest BCUT2D eigenvalue weighted by Gasteiger charge is -2.32. The minimum Gasteiger partial charge on any atom is -0.354 e. The zero-order valence-electron chi connectivity index (χ0n) is 20.9. The summed E-state index contributed by atoms with van der Waals surface area (Å²) in [6.07, 6.45) is 1.06. The average Bonchev–Trinajstić information content (AvgIpc) is 2.74. The van der Waals surface area contributed by atoms with Crippen LogP contribution in [0.4, 0.5) is 5.69 Å². The molecule has 0 fully saturated rings. The molecule has 192 valence electrons. The SMILES string of the molecule is Cc1cccc(C)c1N(CC(=O)N(Cc1ccc(Cl)cc1Cl)[C@H](C)C(=O)NCC(C)C)S(C)(=O)=O. The number of carbonyl (C=O) groups excluding carboxylic acids is 2. The number of aryl methyl sites for hydroxylation is 2. The monoisotopic (exact) mass is 541 g/mol. The Labute approximate surface area is 218 Å². The van der Waals surface area contributed by atoms with Crippen LogP contribution >= 0.6 is 23.2 Å². The summed E-state index contributed by atoms with van der Waals surface area (Å²) < 4.78 is 26.6.